The highest BCUT2D eigenvalue weighted by atomic mass is 16.6. The Kier molecular flexibility index (Phi) is 5.65. The first-order chi connectivity index (χ1) is 15.0. The van der Waals surface area contributed by atoms with E-state index in [1.165, 1.54) is 0 Å². The minimum atomic E-state index is -0.788. The molecule has 1 aliphatic carbocycles. The van der Waals surface area contributed by atoms with Crippen molar-refractivity contribution in [2.75, 3.05) is 20.2 Å². The number of carbonyl (C=O) groups excluding carboxylic acids is 1. The summed E-state index contributed by atoms with van der Waals surface area (Å²) in [7, 11) is 1.64. The lowest BCUT2D eigenvalue weighted by atomic mass is 9.55. The van der Waals surface area contributed by atoms with Crippen LogP contribution in [0.2, 0.25) is 0 Å². The van der Waals surface area contributed by atoms with Gasteiger partial charge in [0.1, 0.15) is 17.5 Å². The third kappa shape index (κ3) is 4.18. The second kappa shape index (κ2) is 8.03. The van der Waals surface area contributed by atoms with Gasteiger partial charge in [-0.1, -0.05) is 6.07 Å². The van der Waals surface area contributed by atoms with Gasteiger partial charge in [0.05, 0.1) is 18.5 Å². The molecule has 0 radical (unpaired) electrons. The van der Waals surface area contributed by atoms with Gasteiger partial charge in [-0.15, -0.1) is 5.10 Å². The minimum Gasteiger partial charge on any atom is -0.496 e. The summed E-state index contributed by atoms with van der Waals surface area (Å²) in [5.41, 5.74) is 3.24. The standard InChI is InChI=1S/C25H33N3O4/c1-15-7-8-18(20(9-15)31-6)21-16(2)10-19(26-27-21)22(29)25-11-17(12-25)13-28(14-25)23(30)32-24(3,4)5/h7-10,17,22,29H,11-14H2,1-6H3. The number of aliphatic hydroxyl groups is 1. The predicted molar refractivity (Wildman–Crippen MR) is 121 cm³/mol. The van der Waals surface area contributed by atoms with Crippen LogP contribution in [0.5, 0.6) is 5.75 Å². The van der Waals surface area contributed by atoms with Crippen LogP contribution in [0, 0.1) is 25.2 Å². The molecule has 172 valence electrons. The minimum absolute atomic E-state index is 0.317. The van der Waals surface area contributed by atoms with Gasteiger partial charge in [0.15, 0.2) is 0 Å². The van der Waals surface area contributed by atoms with Crippen LogP contribution >= 0.6 is 0 Å². The van der Waals surface area contributed by atoms with Crippen molar-refractivity contribution >= 4 is 6.09 Å². The van der Waals surface area contributed by atoms with Gasteiger partial charge in [-0.05, 0) is 82.7 Å². The van der Waals surface area contributed by atoms with Crippen molar-refractivity contribution in [1.82, 2.24) is 15.1 Å². The molecule has 3 fully saturated rings. The lowest BCUT2D eigenvalue weighted by Crippen LogP contribution is -2.60. The molecule has 1 amide bonds. The summed E-state index contributed by atoms with van der Waals surface area (Å²) in [6, 6.07) is 7.87. The van der Waals surface area contributed by atoms with Crippen LogP contribution in [0.4, 0.5) is 4.79 Å². The first-order valence-electron chi connectivity index (χ1n) is 11.2. The summed E-state index contributed by atoms with van der Waals surface area (Å²) in [6.45, 7) is 10.7. The Balaban J connectivity index is 1.56. The molecule has 1 N–H and O–H groups in total. The molecule has 1 unspecified atom stereocenters. The number of aromatic nitrogens is 2. The maximum absolute atomic E-state index is 12.6. The summed E-state index contributed by atoms with van der Waals surface area (Å²) >= 11 is 0. The maximum Gasteiger partial charge on any atom is 0.410 e. The van der Waals surface area contributed by atoms with E-state index in [2.05, 4.69) is 10.2 Å². The molecule has 1 aromatic heterocycles. The SMILES string of the molecule is COc1cc(C)ccc1-c1nnc(C(O)C23CC(CN(C(=O)OC(C)(C)C)C2)C3)cc1C. The lowest BCUT2D eigenvalue weighted by Gasteiger charge is -2.57. The Morgan fingerprint density at radius 1 is 1.22 bits per heavy atom. The zero-order chi connectivity index (χ0) is 23.3. The molecule has 7 nitrogen and oxygen atoms in total. The molecule has 5 rings (SSSR count). The molecule has 3 aliphatic rings. The van der Waals surface area contributed by atoms with Crippen LogP contribution < -0.4 is 4.74 Å². The Hall–Kier alpha value is -2.67. The number of hydrogen-bond donors (Lipinski definition) is 1. The second-order valence-corrected chi connectivity index (χ2v) is 10.4. The zero-order valence-electron chi connectivity index (χ0n) is 19.8. The average molecular weight is 440 g/mol. The third-order valence-electron chi connectivity index (χ3n) is 6.50. The van der Waals surface area contributed by atoms with E-state index in [9.17, 15) is 9.90 Å². The van der Waals surface area contributed by atoms with Gasteiger partial charge in [0, 0.05) is 24.1 Å². The molecule has 1 atom stereocenters. The van der Waals surface area contributed by atoms with Gasteiger partial charge in [0.25, 0.3) is 0 Å². The van der Waals surface area contributed by atoms with Crippen molar-refractivity contribution in [3.05, 3.63) is 41.1 Å². The average Bonchev–Trinajstić information content (AvgIpc) is 2.71. The quantitative estimate of drug-likeness (QED) is 0.758. The number of rotatable bonds is 4. The summed E-state index contributed by atoms with van der Waals surface area (Å²) in [5.74, 6) is 1.13. The Bertz CT molecular complexity index is 1020. The summed E-state index contributed by atoms with van der Waals surface area (Å²) < 4.78 is 11.1. The molecule has 1 saturated carbocycles. The predicted octanol–water partition coefficient (Wildman–Crippen LogP) is 4.45. The molecule has 0 spiro atoms. The maximum atomic E-state index is 12.6. The van der Waals surface area contributed by atoms with Crippen LogP contribution in [0.25, 0.3) is 11.3 Å². The van der Waals surface area contributed by atoms with E-state index in [4.69, 9.17) is 9.47 Å². The van der Waals surface area contributed by atoms with E-state index in [1.54, 1.807) is 12.0 Å². The Morgan fingerprint density at radius 3 is 2.56 bits per heavy atom. The van der Waals surface area contributed by atoms with Crippen molar-refractivity contribution < 1.29 is 19.4 Å². The molecule has 3 heterocycles. The van der Waals surface area contributed by atoms with Gasteiger partial charge in [-0.3, -0.25) is 0 Å². The summed E-state index contributed by atoms with van der Waals surface area (Å²) in [4.78, 5) is 14.3. The molecule has 2 aromatic rings. The Labute approximate surface area is 189 Å². The van der Waals surface area contributed by atoms with Crippen molar-refractivity contribution in [3.8, 4) is 17.0 Å². The first-order valence-corrected chi connectivity index (χ1v) is 11.2. The number of nitrogens with zero attached hydrogens (tertiary/aromatic N) is 3. The smallest absolute Gasteiger partial charge is 0.410 e. The summed E-state index contributed by atoms with van der Waals surface area (Å²) in [6.07, 6.45) is 0.649. The number of carbonyl (C=O) groups is 1. The molecule has 2 bridgehead atoms. The van der Waals surface area contributed by atoms with E-state index in [1.807, 2.05) is 58.9 Å². The monoisotopic (exact) mass is 439 g/mol. The van der Waals surface area contributed by atoms with E-state index >= 15 is 0 Å². The second-order valence-electron chi connectivity index (χ2n) is 10.4. The number of ether oxygens (including phenoxy) is 2. The van der Waals surface area contributed by atoms with Gasteiger partial charge in [-0.25, -0.2) is 4.79 Å². The van der Waals surface area contributed by atoms with Gasteiger partial charge in [-0.2, -0.15) is 5.10 Å². The number of amides is 1. The number of aryl methyl sites for hydroxylation is 2. The molecule has 1 aromatic carbocycles. The van der Waals surface area contributed by atoms with Crippen molar-refractivity contribution in [2.24, 2.45) is 11.3 Å². The highest BCUT2D eigenvalue weighted by molar-refractivity contribution is 5.70. The van der Waals surface area contributed by atoms with Gasteiger partial charge in [0.2, 0.25) is 0 Å². The highest BCUT2D eigenvalue weighted by Gasteiger charge is 2.56. The van der Waals surface area contributed by atoms with E-state index in [-0.39, 0.29) is 6.09 Å². The van der Waals surface area contributed by atoms with Crippen molar-refractivity contribution in [1.29, 1.82) is 0 Å². The van der Waals surface area contributed by atoms with Gasteiger partial charge < -0.3 is 19.5 Å². The van der Waals surface area contributed by atoms with Crippen molar-refractivity contribution in [2.45, 2.75) is 59.2 Å². The van der Waals surface area contributed by atoms with Crippen LogP contribution in [-0.4, -0.2) is 52.1 Å². The van der Waals surface area contributed by atoms with E-state index < -0.39 is 17.1 Å². The number of methoxy groups -OCH3 is 1. The fraction of sp³-hybridized carbons (Fsp3) is 0.560. The highest BCUT2D eigenvalue weighted by Crippen LogP contribution is 2.57. The molecule has 2 aliphatic heterocycles. The van der Waals surface area contributed by atoms with E-state index in [0.29, 0.717) is 24.7 Å². The first kappa shape index (κ1) is 22.5. The van der Waals surface area contributed by atoms with Crippen LogP contribution in [0.3, 0.4) is 0 Å². The number of hydrogen-bond acceptors (Lipinski definition) is 6. The molecular formula is C25H33N3O4. The molecular weight excluding hydrogens is 406 g/mol. The van der Waals surface area contributed by atoms with E-state index in [0.717, 1.165) is 41.0 Å². The number of aliphatic hydroxyl groups excluding tert-OH is 1. The molecule has 7 heteroatoms. The zero-order valence-corrected chi connectivity index (χ0v) is 19.8. The van der Waals surface area contributed by atoms with Crippen LogP contribution in [0.15, 0.2) is 24.3 Å². The van der Waals surface area contributed by atoms with Crippen LogP contribution in [-0.2, 0) is 4.74 Å². The number of benzene rings is 1. The lowest BCUT2D eigenvalue weighted by molar-refractivity contribution is -0.135. The Morgan fingerprint density at radius 2 is 1.94 bits per heavy atom. The molecule has 32 heavy (non-hydrogen) atoms. The molecule has 2 saturated heterocycles. The number of fused-ring (bicyclic) bond motifs is 2. The largest absolute Gasteiger partial charge is 0.496 e. The van der Waals surface area contributed by atoms with Crippen molar-refractivity contribution in [3.63, 3.8) is 0 Å². The van der Waals surface area contributed by atoms with Crippen LogP contribution in [0.1, 0.15) is 56.5 Å². The fourth-order valence-corrected chi connectivity index (χ4v) is 5.09. The summed E-state index contributed by atoms with van der Waals surface area (Å²) in [5, 5.41) is 20.1. The fourth-order valence-electron chi connectivity index (χ4n) is 5.09. The number of piperidine rings is 2. The third-order valence-corrected chi connectivity index (χ3v) is 6.50. The normalized spacial score (nSPS) is 23.3. The van der Waals surface area contributed by atoms with Gasteiger partial charge >= 0.3 is 6.09 Å². The topological polar surface area (TPSA) is 84.8 Å².